The highest BCUT2D eigenvalue weighted by molar-refractivity contribution is 8.18. The molecule has 2 heterocycles. The van der Waals surface area contributed by atoms with Gasteiger partial charge in [-0.2, -0.15) is 0 Å². The molecule has 0 unspecified atom stereocenters. The maximum Gasteiger partial charge on any atom is 0.264 e. The molecule has 0 aliphatic carbocycles. The van der Waals surface area contributed by atoms with Gasteiger partial charge in [0.25, 0.3) is 5.91 Å². The Morgan fingerprint density at radius 1 is 1.21 bits per heavy atom. The van der Waals surface area contributed by atoms with Crippen LogP contribution in [0.5, 0.6) is 11.5 Å². The van der Waals surface area contributed by atoms with Crippen molar-refractivity contribution in [2.24, 2.45) is 4.99 Å². The lowest BCUT2D eigenvalue weighted by atomic mass is 10.1. The second kappa shape index (κ2) is 7.18. The van der Waals surface area contributed by atoms with Crippen LogP contribution in [0.25, 0.3) is 6.08 Å². The molecule has 1 aromatic heterocycles. The van der Waals surface area contributed by atoms with E-state index in [0.717, 1.165) is 5.56 Å². The van der Waals surface area contributed by atoms with Crippen molar-refractivity contribution >= 4 is 34.6 Å². The van der Waals surface area contributed by atoms with Gasteiger partial charge >= 0.3 is 0 Å². The standard InChI is InChI=1S/C17H15N3O3S/c1-22-13-7-3-5-11(15(13)23-2)9-14-16(21)20-17(24-14)19-12-6-4-8-18-10-12/h3-10H,1-2H3,(H,19,20,21)/b14-9+. The Hall–Kier alpha value is -2.80. The molecule has 3 rings (SSSR count). The number of hydrogen-bond acceptors (Lipinski definition) is 6. The summed E-state index contributed by atoms with van der Waals surface area (Å²) in [6.07, 6.45) is 5.06. The maximum absolute atomic E-state index is 12.2. The zero-order valence-electron chi connectivity index (χ0n) is 13.1. The first-order chi connectivity index (χ1) is 11.7. The molecule has 7 heteroatoms. The lowest BCUT2D eigenvalue weighted by Gasteiger charge is -2.10. The Morgan fingerprint density at radius 3 is 2.79 bits per heavy atom. The Bertz CT molecular complexity index is 819. The third-order valence-electron chi connectivity index (χ3n) is 3.25. The van der Waals surface area contributed by atoms with Gasteiger partial charge in [0.2, 0.25) is 0 Å². The minimum absolute atomic E-state index is 0.201. The van der Waals surface area contributed by atoms with Crippen molar-refractivity contribution < 1.29 is 14.3 Å². The molecule has 0 atom stereocenters. The van der Waals surface area contributed by atoms with Crippen molar-refractivity contribution in [3.63, 3.8) is 0 Å². The van der Waals surface area contributed by atoms with Crippen LogP contribution in [0, 0.1) is 0 Å². The van der Waals surface area contributed by atoms with Gasteiger partial charge in [-0.05, 0) is 36.0 Å². The molecule has 1 saturated heterocycles. The van der Waals surface area contributed by atoms with Crippen molar-refractivity contribution in [3.05, 3.63) is 53.2 Å². The fourth-order valence-corrected chi connectivity index (χ4v) is 3.02. The van der Waals surface area contributed by atoms with Crippen LogP contribution in [0.3, 0.4) is 0 Å². The first-order valence-electron chi connectivity index (χ1n) is 7.12. The number of amidine groups is 1. The molecule has 122 valence electrons. The van der Waals surface area contributed by atoms with E-state index < -0.39 is 0 Å². The molecule has 2 aromatic rings. The number of pyridine rings is 1. The Morgan fingerprint density at radius 2 is 2.08 bits per heavy atom. The number of para-hydroxylation sites is 1. The zero-order valence-corrected chi connectivity index (χ0v) is 14.0. The molecule has 1 aromatic carbocycles. The van der Waals surface area contributed by atoms with Crippen LogP contribution in [0.15, 0.2) is 52.6 Å². The Balaban J connectivity index is 1.90. The van der Waals surface area contributed by atoms with E-state index in [1.807, 2.05) is 18.2 Å². The molecule has 1 amide bonds. The number of amides is 1. The summed E-state index contributed by atoms with van der Waals surface area (Å²) in [5, 5.41) is 3.26. The van der Waals surface area contributed by atoms with Crippen molar-refractivity contribution in [2.45, 2.75) is 0 Å². The number of ether oxygens (including phenoxy) is 2. The van der Waals surface area contributed by atoms with Crippen molar-refractivity contribution in [2.75, 3.05) is 14.2 Å². The molecule has 1 N–H and O–H groups in total. The molecule has 0 spiro atoms. The SMILES string of the molecule is COc1cccc(/C=C2/SC(=Nc3cccnc3)NC2=O)c1OC. The van der Waals surface area contributed by atoms with Crippen LogP contribution >= 0.6 is 11.8 Å². The minimum Gasteiger partial charge on any atom is -0.493 e. The predicted molar refractivity (Wildman–Crippen MR) is 94.6 cm³/mol. The number of rotatable bonds is 4. The third-order valence-corrected chi connectivity index (χ3v) is 4.16. The van der Waals surface area contributed by atoms with Gasteiger partial charge in [-0.3, -0.25) is 9.78 Å². The van der Waals surface area contributed by atoms with Gasteiger partial charge in [0.05, 0.1) is 31.0 Å². The van der Waals surface area contributed by atoms with Crippen molar-refractivity contribution in [3.8, 4) is 11.5 Å². The number of aromatic nitrogens is 1. The van der Waals surface area contributed by atoms with E-state index >= 15 is 0 Å². The zero-order chi connectivity index (χ0) is 16.9. The fourth-order valence-electron chi connectivity index (χ4n) is 2.18. The summed E-state index contributed by atoms with van der Waals surface area (Å²) in [6, 6.07) is 9.12. The molecule has 1 fully saturated rings. The molecular weight excluding hydrogens is 326 g/mol. The number of nitrogens with zero attached hydrogens (tertiary/aromatic N) is 2. The summed E-state index contributed by atoms with van der Waals surface area (Å²) < 4.78 is 10.7. The highest BCUT2D eigenvalue weighted by atomic mass is 32.2. The van der Waals surface area contributed by atoms with Crippen LogP contribution in [-0.4, -0.2) is 30.3 Å². The average Bonchev–Trinajstić information content (AvgIpc) is 2.94. The third kappa shape index (κ3) is 3.41. The van der Waals surface area contributed by atoms with Gasteiger partial charge in [-0.1, -0.05) is 12.1 Å². The van der Waals surface area contributed by atoms with E-state index in [4.69, 9.17) is 9.47 Å². The van der Waals surface area contributed by atoms with Gasteiger partial charge in [-0.15, -0.1) is 0 Å². The van der Waals surface area contributed by atoms with Gasteiger partial charge < -0.3 is 14.8 Å². The predicted octanol–water partition coefficient (Wildman–Crippen LogP) is 2.99. The largest absolute Gasteiger partial charge is 0.493 e. The molecule has 6 nitrogen and oxygen atoms in total. The molecular formula is C17H15N3O3S. The van der Waals surface area contributed by atoms with E-state index in [0.29, 0.717) is 27.3 Å². The summed E-state index contributed by atoms with van der Waals surface area (Å²) in [5.74, 6) is 0.991. The smallest absolute Gasteiger partial charge is 0.264 e. The van der Waals surface area contributed by atoms with Crippen LogP contribution in [0.1, 0.15) is 5.56 Å². The summed E-state index contributed by atoms with van der Waals surface area (Å²) in [6.45, 7) is 0. The van der Waals surface area contributed by atoms with E-state index in [1.54, 1.807) is 44.8 Å². The quantitative estimate of drug-likeness (QED) is 0.866. The van der Waals surface area contributed by atoms with Crippen LogP contribution < -0.4 is 14.8 Å². The van der Waals surface area contributed by atoms with Gasteiger partial charge in [-0.25, -0.2) is 4.99 Å². The molecule has 0 radical (unpaired) electrons. The maximum atomic E-state index is 12.2. The summed E-state index contributed by atoms with van der Waals surface area (Å²) in [7, 11) is 3.14. The fraction of sp³-hybridized carbons (Fsp3) is 0.118. The van der Waals surface area contributed by atoms with E-state index in [-0.39, 0.29) is 5.91 Å². The topological polar surface area (TPSA) is 72.8 Å². The number of hydrogen-bond donors (Lipinski definition) is 1. The van der Waals surface area contributed by atoms with E-state index in [9.17, 15) is 4.79 Å². The second-order valence-electron chi connectivity index (χ2n) is 4.78. The summed E-state index contributed by atoms with van der Waals surface area (Å²) >= 11 is 1.27. The lowest BCUT2D eigenvalue weighted by molar-refractivity contribution is -0.115. The Kier molecular flexibility index (Phi) is 4.81. The normalized spacial score (nSPS) is 17.2. The van der Waals surface area contributed by atoms with Gasteiger partial charge in [0.1, 0.15) is 0 Å². The number of carbonyl (C=O) groups is 1. The monoisotopic (exact) mass is 341 g/mol. The first-order valence-corrected chi connectivity index (χ1v) is 7.93. The number of nitrogens with one attached hydrogen (secondary N) is 1. The molecule has 24 heavy (non-hydrogen) atoms. The van der Waals surface area contributed by atoms with Gasteiger partial charge in [0, 0.05) is 11.8 Å². The molecule has 0 bridgehead atoms. The average molecular weight is 341 g/mol. The molecule has 0 saturated carbocycles. The van der Waals surface area contributed by atoms with E-state index in [2.05, 4.69) is 15.3 Å². The number of methoxy groups -OCH3 is 2. The second-order valence-corrected chi connectivity index (χ2v) is 5.81. The van der Waals surface area contributed by atoms with Gasteiger partial charge in [0.15, 0.2) is 16.7 Å². The highest BCUT2D eigenvalue weighted by Gasteiger charge is 2.24. The van der Waals surface area contributed by atoms with Crippen molar-refractivity contribution in [1.82, 2.24) is 10.3 Å². The summed E-state index contributed by atoms with van der Waals surface area (Å²) in [4.78, 5) is 21.1. The summed E-state index contributed by atoms with van der Waals surface area (Å²) in [5.41, 5.74) is 1.44. The van der Waals surface area contributed by atoms with Crippen LogP contribution in [0.4, 0.5) is 5.69 Å². The highest BCUT2D eigenvalue weighted by Crippen LogP contribution is 2.35. The molecule has 1 aliphatic heterocycles. The van der Waals surface area contributed by atoms with Crippen LogP contribution in [-0.2, 0) is 4.79 Å². The molecule has 1 aliphatic rings. The number of carbonyl (C=O) groups excluding carboxylic acids is 1. The number of aliphatic imine (C=N–C) groups is 1. The first kappa shape index (κ1) is 16.1. The number of benzene rings is 1. The van der Waals surface area contributed by atoms with Crippen LogP contribution in [0.2, 0.25) is 0 Å². The van der Waals surface area contributed by atoms with Crippen molar-refractivity contribution in [1.29, 1.82) is 0 Å². The number of thioether (sulfide) groups is 1. The minimum atomic E-state index is -0.201. The Labute approximate surface area is 143 Å². The lowest BCUT2D eigenvalue weighted by Crippen LogP contribution is -2.19. The van der Waals surface area contributed by atoms with E-state index in [1.165, 1.54) is 11.8 Å².